The fraction of sp³-hybridized carbons (Fsp3) is 0.643. The summed E-state index contributed by atoms with van der Waals surface area (Å²) in [6, 6.07) is -0.214. The molecule has 0 radical (unpaired) electrons. The third kappa shape index (κ3) is 2.22. The van der Waals surface area contributed by atoms with Crippen molar-refractivity contribution in [2.45, 2.75) is 45.1 Å². The monoisotopic (exact) mass is 310 g/mol. The Morgan fingerprint density at radius 3 is 2.77 bits per heavy atom. The molecular formula is C14H19FN4O3. The Kier molecular flexibility index (Phi) is 3.15. The fourth-order valence-corrected chi connectivity index (χ4v) is 3.31. The summed E-state index contributed by atoms with van der Waals surface area (Å²) in [6.45, 7) is 3.34. The summed E-state index contributed by atoms with van der Waals surface area (Å²) in [5.41, 5.74) is 0.0501. The van der Waals surface area contributed by atoms with E-state index in [1.165, 1.54) is 21.4 Å². The van der Waals surface area contributed by atoms with Crippen molar-refractivity contribution >= 4 is 12.0 Å². The summed E-state index contributed by atoms with van der Waals surface area (Å²) in [5.74, 6) is -0.310. The van der Waals surface area contributed by atoms with E-state index < -0.39 is 11.8 Å². The third-order valence-corrected chi connectivity index (χ3v) is 4.32. The lowest BCUT2D eigenvalue weighted by molar-refractivity contribution is 0.0678. The molecule has 0 bridgehead atoms. The first-order chi connectivity index (χ1) is 10.2. The van der Waals surface area contributed by atoms with Crippen LogP contribution >= 0.6 is 0 Å². The molecule has 2 amide bonds. The van der Waals surface area contributed by atoms with Crippen molar-refractivity contribution in [3.63, 3.8) is 0 Å². The van der Waals surface area contributed by atoms with Crippen molar-refractivity contribution < 1.29 is 19.1 Å². The summed E-state index contributed by atoms with van der Waals surface area (Å²) in [4.78, 5) is 26.5. The molecule has 2 aliphatic heterocycles. The largest absolute Gasteiger partial charge is 0.465 e. The minimum Gasteiger partial charge on any atom is -0.465 e. The van der Waals surface area contributed by atoms with Crippen LogP contribution in [0.4, 0.5) is 9.18 Å². The number of aromatic nitrogens is 2. The number of hydrogen-bond acceptors (Lipinski definition) is 3. The number of carboxylic acid groups (broad SMARTS) is 1. The Balaban J connectivity index is 2.09. The van der Waals surface area contributed by atoms with Gasteiger partial charge in [-0.3, -0.25) is 9.48 Å². The lowest BCUT2D eigenvalue weighted by atomic mass is 10.00. The van der Waals surface area contributed by atoms with Crippen LogP contribution in [0.15, 0.2) is 0 Å². The van der Waals surface area contributed by atoms with E-state index in [1.54, 1.807) is 14.0 Å². The topological polar surface area (TPSA) is 78.7 Å². The summed E-state index contributed by atoms with van der Waals surface area (Å²) in [6.07, 6.45) is -0.593. The van der Waals surface area contributed by atoms with Gasteiger partial charge in [-0.1, -0.05) is 0 Å². The van der Waals surface area contributed by atoms with Gasteiger partial charge in [-0.25, -0.2) is 9.18 Å². The molecule has 8 heteroatoms. The SMILES string of the molecule is C[C@@H]1Cc2nn3c(c2CN1C(=O)O)C(=O)N(C)CC(C)(F)C3. The minimum atomic E-state index is -1.57. The quantitative estimate of drug-likeness (QED) is 0.779. The number of nitrogens with zero attached hydrogens (tertiary/aromatic N) is 4. The molecule has 22 heavy (non-hydrogen) atoms. The number of carbonyl (C=O) groups excluding carboxylic acids is 1. The Morgan fingerprint density at radius 1 is 1.45 bits per heavy atom. The van der Waals surface area contributed by atoms with Crippen molar-refractivity contribution in [2.24, 2.45) is 0 Å². The molecule has 0 aromatic carbocycles. The van der Waals surface area contributed by atoms with Crippen molar-refractivity contribution in [2.75, 3.05) is 13.6 Å². The first-order valence-corrected chi connectivity index (χ1v) is 7.22. The van der Waals surface area contributed by atoms with E-state index in [0.717, 1.165) is 0 Å². The Labute approximate surface area is 127 Å². The molecule has 0 spiro atoms. The van der Waals surface area contributed by atoms with Gasteiger partial charge in [0.15, 0.2) is 0 Å². The average Bonchev–Trinajstić information content (AvgIpc) is 2.67. The maximum Gasteiger partial charge on any atom is 0.407 e. The average molecular weight is 310 g/mol. The molecule has 0 fully saturated rings. The van der Waals surface area contributed by atoms with Gasteiger partial charge in [-0.2, -0.15) is 5.10 Å². The maximum absolute atomic E-state index is 14.5. The lowest BCUT2D eigenvalue weighted by Crippen LogP contribution is -2.42. The molecule has 2 aliphatic rings. The van der Waals surface area contributed by atoms with Gasteiger partial charge in [0.05, 0.1) is 25.3 Å². The van der Waals surface area contributed by atoms with Crippen LogP contribution < -0.4 is 0 Å². The van der Waals surface area contributed by atoms with E-state index in [1.807, 2.05) is 0 Å². The number of carbonyl (C=O) groups is 2. The van der Waals surface area contributed by atoms with Crippen LogP contribution in [0, 0.1) is 0 Å². The molecule has 0 saturated carbocycles. The van der Waals surface area contributed by atoms with Gasteiger partial charge in [0.25, 0.3) is 5.91 Å². The second-order valence-electron chi connectivity index (χ2n) is 6.47. The summed E-state index contributed by atoms with van der Waals surface area (Å²) in [5, 5.41) is 13.7. The van der Waals surface area contributed by atoms with Crippen molar-refractivity contribution in [1.82, 2.24) is 19.6 Å². The summed E-state index contributed by atoms with van der Waals surface area (Å²) < 4.78 is 15.9. The molecule has 1 unspecified atom stereocenters. The molecule has 2 atom stereocenters. The molecule has 0 aliphatic carbocycles. The number of halogens is 1. The normalized spacial score (nSPS) is 28.2. The van der Waals surface area contributed by atoms with Crippen LogP contribution in [0.5, 0.6) is 0 Å². The van der Waals surface area contributed by atoms with Crippen LogP contribution in [0.3, 0.4) is 0 Å². The zero-order valence-electron chi connectivity index (χ0n) is 12.8. The highest BCUT2D eigenvalue weighted by Gasteiger charge is 2.40. The zero-order valence-corrected chi connectivity index (χ0v) is 12.8. The van der Waals surface area contributed by atoms with Gasteiger partial charge in [0, 0.05) is 25.1 Å². The van der Waals surface area contributed by atoms with E-state index >= 15 is 0 Å². The highest BCUT2D eigenvalue weighted by atomic mass is 19.1. The Hall–Kier alpha value is -2.12. The first-order valence-electron chi connectivity index (χ1n) is 7.22. The molecule has 3 heterocycles. The highest BCUT2D eigenvalue weighted by molar-refractivity contribution is 5.94. The van der Waals surface area contributed by atoms with E-state index in [4.69, 9.17) is 0 Å². The minimum absolute atomic E-state index is 0.00708. The molecule has 7 nitrogen and oxygen atoms in total. The number of rotatable bonds is 0. The molecule has 3 rings (SSSR count). The zero-order chi connectivity index (χ0) is 16.2. The van der Waals surface area contributed by atoms with Gasteiger partial charge in [-0.05, 0) is 13.8 Å². The predicted octanol–water partition coefficient (Wildman–Crippen LogP) is 1.12. The molecule has 120 valence electrons. The van der Waals surface area contributed by atoms with Gasteiger partial charge in [0.2, 0.25) is 0 Å². The lowest BCUT2D eigenvalue weighted by Gasteiger charge is -2.30. The number of hydrogen-bond donors (Lipinski definition) is 1. The van der Waals surface area contributed by atoms with E-state index in [9.17, 15) is 19.1 Å². The molecule has 1 N–H and O–H groups in total. The predicted molar refractivity (Wildman–Crippen MR) is 75.4 cm³/mol. The molecule has 1 aromatic rings. The fourth-order valence-electron chi connectivity index (χ4n) is 3.31. The second-order valence-corrected chi connectivity index (χ2v) is 6.47. The Bertz CT molecular complexity index is 655. The smallest absolute Gasteiger partial charge is 0.407 e. The Morgan fingerprint density at radius 2 is 2.14 bits per heavy atom. The number of fused-ring (bicyclic) bond motifs is 3. The standard InChI is InChI=1S/C14H19FN4O3/c1-8-4-10-9(5-18(8)13(21)22)11-12(20)17(3)6-14(2,15)7-19(11)16-10/h8H,4-7H2,1-3H3,(H,21,22)/t8-,14?/m1/s1. The van der Waals surface area contributed by atoms with E-state index in [-0.39, 0.29) is 31.6 Å². The number of alkyl halides is 1. The van der Waals surface area contributed by atoms with Crippen LogP contribution in [0.25, 0.3) is 0 Å². The molecule has 1 aromatic heterocycles. The van der Waals surface area contributed by atoms with E-state index in [2.05, 4.69) is 5.10 Å². The molecular weight excluding hydrogens is 291 g/mol. The van der Waals surface area contributed by atoms with Gasteiger partial charge in [0.1, 0.15) is 11.4 Å². The van der Waals surface area contributed by atoms with Crippen molar-refractivity contribution in [1.29, 1.82) is 0 Å². The highest BCUT2D eigenvalue weighted by Crippen LogP contribution is 2.30. The first kappa shape index (κ1) is 14.8. The molecule has 0 saturated heterocycles. The van der Waals surface area contributed by atoms with E-state index in [0.29, 0.717) is 23.4 Å². The van der Waals surface area contributed by atoms with Gasteiger partial charge < -0.3 is 14.9 Å². The maximum atomic E-state index is 14.5. The van der Waals surface area contributed by atoms with Gasteiger partial charge in [-0.15, -0.1) is 0 Å². The van der Waals surface area contributed by atoms with Crippen LogP contribution in [0.1, 0.15) is 35.6 Å². The van der Waals surface area contributed by atoms with Crippen molar-refractivity contribution in [3.8, 4) is 0 Å². The van der Waals surface area contributed by atoms with Crippen LogP contribution in [-0.4, -0.2) is 62.0 Å². The van der Waals surface area contributed by atoms with Crippen LogP contribution in [0.2, 0.25) is 0 Å². The number of amides is 2. The summed E-state index contributed by atoms with van der Waals surface area (Å²) in [7, 11) is 1.55. The third-order valence-electron chi connectivity index (χ3n) is 4.32. The van der Waals surface area contributed by atoms with Gasteiger partial charge >= 0.3 is 6.09 Å². The summed E-state index contributed by atoms with van der Waals surface area (Å²) >= 11 is 0. The van der Waals surface area contributed by atoms with Crippen molar-refractivity contribution in [3.05, 3.63) is 17.0 Å². The second kappa shape index (κ2) is 4.69. The van der Waals surface area contributed by atoms with Crippen LogP contribution in [-0.2, 0) is 19.5 Å².